The largest absolute Gasteiger partial charge is 0.465 e. The highest BCUT2D eigenvalue weighted by atomic mass is 16.4. The summed E-state index contributed by atoms with van der Waals surface area (Å²) in [6.07, 6.45) is 0.372. The molecule has 0 spiro atoms. The first-order chi connectivity index (χ1) is 9.22. The van der Waals surface area contributed by atoms with E-state index < -0.39 is 12.1 Å². The van der Waals surface area contributed by atoms with Crippen LogP contribution in [0.25, 0.3) is 0 Å². The van der Waals surface area contributed by atoms with Crippen molar-refractivity contribution in [2.75, 3.05) is 0 Å². The lowest BCUT2D eigenvalue weighted by Gasteiger charge is -2.22. The number of tetrazole rings is 1. The van der Waals surface area contributed by atoms with E-state index in [0.29, 0.717) is 0 Å². The molecular formula is C11H10N5O3. The second kappa shape index (κ2) is 5.71. The SMILES string of the molecule is O=[C]C(c1nnn[nH]1)N(Cc1ccccc1)C(=O)O. The Hall–Kier alpha value is -2.77. The molecule has 19 heavy (non-hydrogen) atoms. The van der Waals surface area contributed by atoms with Crippen LogP contribution in [0, 0.1) is 0 Å². The number of amides is 1. The molecule has 0 fully saturated rings. The van der Waals surface area contributed by atoms with Crippen molar-refractivity contribution in [1.82, 2.24) is 25.5 Å². The minimum atomic E-state index is -1.26. The van der Waals surface area contributed by atoms with Gasteiger partial charge in [-0.1, -0.05) is 30.3 Å². The van der Waals surface area contributed by atoms with Gasteiger partial charge < -0.3 is 5.11 Å². The molecule has 1 heterocycles. The van der Waals surface area contributed by atoms with Crippen molar-refractivity contribution in [2.24, 2.45) is 0 Å². The fraction of sp³-hybridized carbons (Fsp3) is 0.182. The number of aromatic nitrogens is 4. The topological polar surface area (TPSA) is 112 Å². The quantitative estimate of drug-likeness (QED) is 0.810. The molecule has 1 atom stereocenters. The fourth-order valence-corrected chi connectivity index (χ4v) is 1.60. The molecule has 2 N–H and O–H groups in total. The van der Waals surface area contributed by atoms with Gasteiger partial charge in [-0.3, -0.25) is 9.69 Å². The van der Waals surface area contributed by atoms with Crippen LogP contribution in [0.4, 0.5) is 4.79 Å². The minimum absolute atomic E-state index is 0.0355. The molecule has 2 aromatic rings. The fourth-order valence-electron chi connectivity index (χ4n) is 1.60. The molecule has 1 amide bonds. The number of aromatic amines is 1. The Morgan fingerprint density at radius 2 is 2.16 bits per heavy atom. The van der Waals surface area contributed by atoms with E-state index in [9.17, 15) is 14.7 Å². The van der Waals surface area contributed by atoms with E-state index in [4.69, 9.17) is 0 Å². The van der Waals surface area contributed by atoms with Gasteiger partial charge >= 0.3 is 6.09 Å². The number of carboxylic acid groups (broad SMARTS) is 1. The van der Waals surface area contributed by atoms with E-state index in [1.54, 1.807) is 30.6 Å². The van der Waals surface area contributed by atoms with Gasteiger partial charge in [-0.2, -0.15) is 0 Å². The van der Waals surface area contributed by atoms with Gasteiger partial charge in [0.2, 0.25) is 6.29 Å². The molecule has 0 aliphatic heterocycles. The van der Waals surface area contributed by atoms with Crippen LogP contribution in [0.5, 0.6) is 0 Å². The number of nitrogens with one attached hydrogen (secondary N) is 1. The average Bonchev–Trinajstić information content (AvgIpc) is 2.93. The molecule has 8 heteroatoms. The zero-order valence-electron chi connectivity index (χ0n) is 9.72. The van der Waals surface area contributed by atoms with Gasteiger partial charge in [-0.15, -0.1) is 5.10 Å². The maximum absolute atomic E-state index is 11.3. The zero-order chi connectivity index (χ0) is 13.7. The zero-order valence-corrected chi connectivity index (χ0v) is 9.72. The summed E-state index contributed by atoms with van der Waals surface area (Å²) in [7, 11) is 0. The highest BCUT2D eigenvalue weighted by Gasteiger charge is 2.28. The lowest BCUT2D eigenvalue weighted by Crippen LogP contribution is -2.34. The van der Waals surface area contributed by atoms with Crippen LogP contribution in [-0.4, -0.2) is 43.0 Å². The van der Waals surface area contributed by atoms with E-state index in [1.165, 1.54) is 0 Å². The summed E-state index contributed by atoms with van der Waals surface area (Å²) in [6.45, 7) is 0.0385. The standard InChI is InChI=1S/C11H10N5O3/c17-7-9(10-12-14-15-13-10)16(11(18)19)6-8-4-2-1-3-5-8/h1-5,9H,6H2,(H,18,19)(H,12,13,14,15). The smallest absolute Gasteiger partial charge is 0.408 e. The third-order valence-electron chi connectivity index (χ3n) is 2.49. The van der Waals surface area contributed by atoms with Crippen molar-refractivity contribution in [3.05, 3.63) is 41.7 Å². The first-order valence-electron chi connectivity index (χ1n) is 5.37. The van der Waals surface area contributed by atoms with E-state index in [0.717, 1.165) is 10.5 Å². The molecular weight excluding hydrogens is 250 g/mol. The summed E-state index contributed by atoms with van der Waals surface area (Å²) in [6, 6.07) is 7.72. The Labute approximate surface area is 108 Å². The van der Waals surface area contributed by atoms with Crippen LogP contribution < -0.4 is 0 Å². The number of carbonyl (C=O) groups excluding carboxylic acids is 1. The summed E-state index contributed by atoms with van der Waals surface area (Å²) < 4.78 is 0. The average molecular weight is 260 g/mol. The summed E-state index contributed by atoms with van der Waals surface area (Å²) in [5, 5.41) is 21.8. The van der Waals surface area contributed by atoms with Gasteiger partial charge in [0.1, 0.15) is 0 Å². The summed E-state index contributed by atoms with van der Waals surface area (Å²) >= 11 is 0. The molecule has 8 nitrogen and oxygen atoms in total. The van der Waals surface area contributed by atoms with Crippen LogP contribution in [0.1, 0.15) is 17.4 Å². The van der Waals surface area contributed by atoms with Crippen molar-refractivity contribution >= 4 is 12.4 Å². The van der Waals surface area contributed by atoms with Crippen molar-refractivity contribution in [3.63, 3.8) is 0 Å². The number of rotatable bonds is 5. The molecule has 0 aliphatic rings. The summed E-state index contributed by atoms with van der Waals surface area (Å²) in [5.74, 6) is 0.0355. The Bertz CT molecular complexity index is 543. The number of carbonyl (C=O) groups is 1. The Morgan fingerprint density at radius 1 is 1.42 bits per heavy atom. The molecule has 0 aliphatic carbocycles. The van der Waals surface area contributed by atoms with Gasteiger partial charge in [0.05, 0.1) is 6.54 Å². The molecule has 1 aromatic heterocycles. The van der Waals surface area contributed by atoms with Gasteiger partial charge in [0.25, 0.3) is 0 Å². The van der Waals surface area contributed by atoms with Crippen molar-refractivity contribution < 1.29 is 14.7 Å². The van der Waals surface area contributed by atoms with Crippen LogP contribution in [0.15, 0.2) is 30.3 Å². The third-order valence-corrected chi connectivity index (χ3v) is 2.49. The normalized spacial score (nSPS) is 11.8. The maximum atomic E-state index is 11.3. The van der Waals surface area contributed by atoms with Gasteiger partial charge in [0.15, 0.2) is 11.9 Å². The first-order valence-corrected chi connectivity index (χ1v) is 5.37. The molecule has 0 saturated carbocycles. The van der Waals surface area contributed by atoms with Gasteiger partial charge in [0, 0.05) is 0 Å². The number of H-pyrrole nitrogens is 1. The van der Waals surface area contributed by atoms with Crippen LogP contribution >= 0.6 is 0 Å². The van der Waals surface area contributed by atoms with Crippen LogP contribution in [0.2, 0.25) is 0 Å². The number of hydrogen-bond acceptors (Lipinski definition) is 5. The van der Waals surface area contributed by atoms with Crippen LogP contribution in [-0.2, 0) is 11.3 Å². The molecule has 1 aromatic carbocycles. The van der Waals surface area contributed by atoms with Crippen molar-refractivity contribution in [1.29, 1.82) is 0 Å². The Balaban J connectivity index is 2.24. The lowest BCUT2D eigenvalue weighted by atomic mass is 10.2. The first kappa shape index (κ1) is 12.7. The van der Waals surface area contributed by atoms with Crippen molar-refractivity contribution in [3.8, 4) is 0 Å². The Morgan fingerprint density at radius 3 is 2.68 bits per heavy atom. The number of hydrogen-bond donors (Lipinski definition) is 2. The monoisotopic (exact) mass is 260 g/mol. The summed E-state index contributed by atoms with van der Waals surface area (Å²) in [4.78, 5) is 23.2. The second-order valence-electron chi connectivity index (χ2n) is 3.70. The van der Waals surface area contributed by atoms with Crippen LogP contribution in [0.3, 0.4) is 0 Å². The van der Waals surface area contributed by atoms with Crippen molar-refractivity contribution in [2.45, 2.75) is 12.6 Å². The number of nitrogens with zero attached hydrogens (tertiary/aromatic N) is 4. The molecule has 97 valence electrons. The minimum Gasteiger partial charge on any atom is -0.465 e. The van der Waals surface area contributed by atoms with E-state index >= 15 is 0 Å². The highest BCUT2D eigenvalue weighted by molar-refractivity contribution is 5.72. The molecule has 1 unspecified atom stereocenters. The molecule has 0 saturated heterocycles. The maximum Gasteiger partial charge on any atom is 0.408 e. The predicted molar refractivity (Wildman–Crippen MR) is 62.6 cm³/mol. The second-order valence-corrected chi connectivity index (χ2v) is 3.70. The molecule has 2 rings (SSSR count). The number of benzene rings is 1. The van der Waals surface area contributed by atoms with E-state index in [2.05, 4.69) is 20.6 Å². The third kappa shape index (κ3) is 2.92. The van der Waals surface area contributed by atoms with E-state index in [1.807, 2.05) is 6.07 Å². The predicted octanol–water partition coefficient (Wildman–Crippen LogP) is 0.531. The highest BCUT2D eigenvalue weighted by Crippen LogP contribution is 2.17. The lowest BCUT2D eigenvalue weighted by molar-refractivity contribution is 0.131. The summed E-state index contributed by atoms with van der Waals surface area (Å²) in [5.41, 5.74) is 0.748. The Kier molecular flexibility index (Phi) is 3.81. The van der Waals surface area contributed by atoms with Gasteiger partial charge in [-0.05, 0) is 16.0 Å². The molecule has 0 bridgehead atoms. The van der Waals surface area contributed by atoms with Gasteiger partial charge in [-0.25, -0.2) is 9.89 Å². The van der Waals surface area contributed by atoms with E-state index in [-0.39, 0.29) is 12.4 Å². The molecule has 1 radical (unpaired) electrons.